The molecular formula is C25H33Cl2N3O5S. The second-order valence-corrected chi connectivity index (χ2v) is 9.63. The molecule has 1 aromatic heterocycles. The Morgan fingerprint density at radius 1 is 1.03 bits per heavy atom. The number of rotatable bonds is 8. The molecule has 0 spiro atoms. The number of aromatic nitrogens is 1. The van der Waals surface area contributed by atoms with E-state index in [0.717, 1.165) is 65.9 Å². The summed E-state index contributed by atoms with van der Waals surface area (Å²) >= 11 is 1.58. The number of nitrogens with one attached hydrogen (secondary N) is 1. The van der Waals surface area contributed by atoms with Gasteiger partial charge in [-0.05, 0) is 44.0 Å². The molecule has 2 aliphatic heterocycles. The number of likely N-dealkylation sites (tertiary alicyclic amines) is 1. The van der Waals surface area contributed by atoms with Crippen LogP contribution in [0.2, 0.25) is 0 Å². The Morgan fingerprint density at radius 2 is 1.75 bits per heavy atom. The van der Waals surface area contributed by atoms with Gasteiger partial charge in [0.2, 0.25) is 5.75 Å². The summed E-state index contributed by atoms with van der Waals surface area (Å²) in [5, 5.41) is 4.43. The molecule has 1 fully saturated rings. The first-order valence-corrected chi connectivity index (χ1v) is 12.4. The van der Waals surface area contributed by atoms with Crippen molar-refractivity contribution < 1.29 is 23.7 Å². The van der Waals surface area contributed by atoms with Gasteiger partial charge in [-0.2, -0.15) is 0 Å². The number of hydrogen-bond donors (Lipinski definition) is 1. The minimum absolute atomic E-state index is 0. The van der Waals surface area contributed by atoms with Gasteiger partial charge >= 0.3 is 0 Å². The Hall–Kier alpha value is -2.33. The van der Waals surface area contributed by atoms with Crippen molar-refractivity contribution in [2.75, 3.05) is 59.4 Å². The van der Waals surface area contributed by atoms with Gasteiger partial charge in [0.25, 0.3) is 0 Å². The van der Waals surface area contributed by atoms with E-state index in [4.69, 9.17) is 28.7 Å². The number of halogens is 2. The number of nitrogens with zero attached hydrogens (tertiary/aromatic N) is 2. The van der Waals surface area contributed by atoms with Crippen molar-refractivity contribution in [3.63, 3.8) is 0 Å². The van der Waals surface area contributed by atoms with Crippen LogP contribution >= 0.6 is 36.2 Å². The lowest BCUT2D eigenvalue weighted by Crippen LogP contribution is -2.44. The Morgan fingerprint density at radius 3 is 2.44 bits per heavy atom. The average Bonchev–Trinajstić information content (AvgIpc) is 3.29. The Labute approximate surface area is 228 Å². The maximum absolute atomic E-state index is 6.13. The van der Waals surface area contributed by atoms with Gasteiger partial charge in [-0.25, -0.2) is 4.98 Å². The zero-order valence-corrected chi connectivity index (χ0v) is 23.1. The van der Waals surface area contributed by atoms with Crippen LogP contribution in [-0.2, 0) is 0 Å². The molecule has 3 heterocycles. The zero-order chi connectivity index (χ0) is 23.5. The monoisotopic (exact) mass is 557 g/mol. The summed E-state index contributed by atoms with van der Waals surface area (Å²) < 4.78 is 29.5. The van der Waals surface area contributed by atoms with Gasteiger partial charge in [0.15, 0.2) is 28.1 Å². The van der Waals surface area contributed by atoms with Crippen molar-refractivity contribution in [2.24, 2.45) is 5.92 Å². The van der Waals surface area contributed by atoms with Gasteiger partial charge in [0.05, 0.1) is 26.8 Å². The first-order chi connectivity index (χ1) is 16.7. The van der Waals surface area contributed by atoms with Gasteiger partial charge in [0.1, 0.15) is 17.4 Å². The average molecular weight is 559 g/mol. The largest absolute Gasteiger partial charge is 0.493 e. The van der Waals surface area contributed by atoms with Crippen LogP contribution in [-0.4, -0.2) is 70.1 Å². The van der Waals surface area contributed by atoms with E-state index >= 15 is 0 Å². The predicted octanol–water partition coefficient (Wildman–Crippen LogP) is 5.13. The lowest BCUT2D eigenvalue weighted by Gasteiger charge is -2.35. The van der Waals surface area contributed by atoms with E-state index in [-0.39, 0.29) is 30.9 Å². The highest BCUT2D eigenvalue weighted by Crippen LogP contribution is 2.46. The number of thiazole rings is 1. The van der Waals surface area contributed by atoms with Crippen LogP contribution in [0.15, 0.2) is 30.3 Å². The quantitative estimate of drug-likeness (QED) is 0.408. The number of fused-ring (bicyclic) bond motifs is 2. The number of ether oxygens (including phenoxy) is 5. The topological polar surface area (TPSA) is 74.3 Å². The lowest BCUT2D eigenvalue weighted by atomic mass is 9.96. The van der Waals surface area contributed by atoms with Crippen molar-refractivity contribution >= 4 is 51.5 Å². The molecule has 1 N–H and O–H groups in total. The van der Waals surface area contributed by atoms with Crippen LogP contribution in [0.4, 0.5) is 5.13 Å². The second-order valence-electron chi connectivity index (χ2n) is 8.64. The van der Waals surface area contributed by atoms with E-state index in [1.807, 2.05) is 30.3 Å². The predicted molar refractivity (Wildman–Crippen MR) is 148 cm³/mol. The first kappa shape index (κ1) is 28.2. The van der Waals surface area contributed by atoms with Gasteiger partial charge in [0, 0.05) is 19.2 Å². The Bertz CT molecular complexity index is 1140. The number of para-hydroxylation sites is 2. The smallest absolute Gasteiger partial charge is 0.204 e. The zero-order valence-electron chi connectivity index (χ0n) is 20.7. The summed E-state index contributed by atoms with van der Waals surface area (Å²) in [5.41, 5.74) is 0.841. The molecular weight excluding hydrogens is 525 g/mol. The molecule has 0 radical (unpaired) electrons. The fraction of sp³-hybridized carbons (Fsp3) is 0.480. The molecule has 5 rings (SSSR count). The minimum atomic E-state index is 0. The molecule has 1 atom stereocenters. The fourth-order valence-corrected chi connectivity index (χ4v) is 5.62. The van der Waals surface area contributed by atoms with E-state index in [1.54, 1.807) is 32.7 Å². The number of piperidine rings is 1. The summed E-state index contributed by atoms with van der Waals surface area (Å²) in [6.07, 6.45) is 2.37. The first-order valence-electron chi connectivity index (χ1n) is 11.6. The van der Waals surface area contributed by atoms with Crippen molar-refractivity contribution in [1.29, 1.82) is 0 Å². The third-order valence-corrected chi connectivity index (χ3v) is 7.49. The summed E-state index contributed by atoms with van der Waals surface area (Å²) in [5.74, 6) is 4.17. The van der Waals surface area contributed by atoms with Crippen LogP contribution in [0.25, 0.3) is 10.2 Å². The molecule has 2 aromatic carbocycles. The maximum atomic E-state index is 6.13. The third-order valence-electron chi connectivity index (χ3n) is 6.46. The minimum Gasteiger partial charge on any atom is -0.493 e. The summed E-state index contributed by atoms with van der Waals surface area (Å²) in [7, 11) is 4.87. The number of anilines is 1. The van der Waals surface area contributed by atoms with E-state index in [0.29, 0.717) is 29.8 Å². The highest BCUT2D eigenvalue weighted by Gasteiger charge is 2.26. The van der Waals surface area contributed by atoms with Crippen molar-refractivity contribution in [3.05, 3.63) is 30.3 Å². The van der Waals surface area contributed by atoms with Crippen LogP contribution in [0, 0.1) is 5.92 Å². The van der Waals surface area contributed by atoms with Crippen LogP contribution in [0.5, 0.6) is 28.7 Å². The maximum Gasteiger partial charge on any atom is 0.204 e. The normalized spacial score (nSPS) is 17.6. The standard InChI is InChI=1S/C25H31N3O5S.2ClH/c1-29-21-12-18-24(23(31-3)22(21)30-2)34-25(27-18)26-13-16-8-10-28(11-9-16)14-17-15-32-19-6-4-5-7-20(19)33-17;;/h4-7,12,16-17H,8-11,13-15H2,1-3H3,(H,26,27);2*1H/t17-;;/m1../s1. The van der Waals surface area contributed by atoms with E-state index in [1.165, 1.54) is 0 Å². The molecule has 0 aliphatic carbocycles. The summed E-state index contributed by atoms with van der Waals surface area (Å²) in [4.78, 5) is 7.24. The number of hydrogen-bond acceptors (Lipinski definition) is 9. The van der Waals surface area contributed by atoms with Gasteiger partial charge in [-0.3, -0.25) is 4.90 Å². The molecule has 0 saturated carbocycles. The van der Waals surface area contributed by atoms with Crippen LogP contribution in [0.3, 0.4) is 0 Å². The second kappa shape index (κ2) is 12.8. The number of methoxy groups -OCH3 is 3. The Balaban J connectivity index is 0.00000180. The van der Waals surface area contributed by atoms with Crippen molar-refractivity contribution in [3.8, 4) is 28.7 Å². The molecule has 198 valence electrons. The Kier molecular flexibility index (Phi) is 10.0. The third kappa shape index (κ3) is 5.96. The SMILES string of the molecule is COc1cc2nc(NCC3CCN(C[C@@H]4COc5ccccc5O4)CC3)sc2c(OC)c1OC.Cl.Cl. The molecule has 36 heavy (non-hydrogen) atoms. The van der Waals surface area contributed by atoms with Gasteiger partial charge < -0.3 is 29.0 Å². The van der Waals surface area contributed by atoms with E-state index in [9.17, 15) is 0 Å². The highest BCUT2D eigenvalue weighted by molar-refractivity contribution is 7.22. The van der Waals surface area contributed by atoms with Crippen molar-refractivity contribution in [2.45, 2.75) is 18.9 Å². The molecule has 0 amide bonds. The van der Waals surface area contributed by atoms with E-state index in [2.05, 4.69) is 10.2 Å². The molecule has 2 aliphatic rings. The van der Waals surface area contributed by atoms with Crippen LogP contribution < -0.4 is 29.0 Å². The van der Waals surface area contributed by atoms with E-state index < -0.39 is 0 Å². The number of benzene rings is 2. The molecule has 8 nitrogen and oxygen atoms in total. The fourth-order valence-electron chi connectivity index (χ4n) is 4.65. The molecule has 0 unspecified atom stereocenters. The summed E-state index contributed by atoms with van der Waals surface area (Å²) in [6.45, 7) is 4.54. The molecule has 0 bridgehead atoms. The molecule has 1 saturated heterocycles. The summed E-state index contributed by atoms with van der Waals surface area (Å²) in [6, 6.07) is 9.78. The highest BCUT2D eigenvalue weighted by atomic mass is 35.5. The van der Waals surface area contributed by atoms with Crippen molar-refractivity contribution in [1.82, 2.24) is 9.88 Å². The molecule has 11 heteroatoms. The van der Waals surface area contributed by atoms with Gasteiger partial charge in [-0.1, -0.05) is 23.5 Å². The van der Waals surface area contributed by atoms with Gasteiger partial charge in [-0.15, -0.1) is 24.8 Å². The molecule has 3 aromatic rings. The lowest BCUT2D eigenvalue weighted by molar-refractivity contribution is 0.0485. The van der Waals surface area contributed by atoms with Crippen LogP contribution in [0.1, 0.15) is 12.8 Å².